The van der Waals surface area contributed by atoms with E-state index in [1.165, 1.54) is 14.0 Å². The molecule has 22 rings (SSSR count). The molecule has 4 heterocycles. The van der Waals surface area contributed by atoms with Crippen LogP contribution in [0.1, 0.15) is 35.6 Å². The summed E-state index contributed by atoms with van der Waals surface area (Å²) in [5.41, 5.74) is 9.65. The van der Waals surface area contributed by atoms with Gasteiger partial charge < -0.3 is 23.8 Å². The topological polar surface area (TPSA) is 19.6 Å². The molecule has 2 aliphatic heterocycles. The maximum Gasteiger partial charge on any atom is 0.252 e. The molecular formula is C104H68BN5. The Labute approximate surface area is 675 Å². The molecular weight excluding hydrogens is 1330 g/mol. The number of para-hydroxylation sites is 8. The van der Waals surface area contributed by atoms with Gasteiger partial charge in [-0.05, 0) is 139 Å². The largest absolute Gasteiger partial charge is 0.310 e. The van der Waals surface area contributed by atoms with Gasteiger partial charge in [-0.3, -0.25) is 0 Å². The number of hydrogen-bond acceptors (Lipinski definition) is 3. The normalized spacial score (nSPS) is 15.6. The first kappa shape index (κ1) is 42.0. The Morgan fingerprint density at radius 2 is 0.591 bits per heavy atom. The van der Waals surface area contributed by atoms with Crippen molar-refractivity contribution in [1.82, 2.24) is 9.13 Å². The number of hydrogen-bond donors (Lipinski definition) is 0. The quantitative estimate of drug-likeness (QED) is 0.0898. The number of fused-ring (bicyclic) bond motifs is 12. The van der Waals surface area contributed by atoms with Crippen molar-refractivity contribution >= 4 is 139 Å². The second-order valence-corrected chi connectivity index (χ2v) is 27.0. The number of rotatable bonds is 12. The van der Waals surface area contributed by atoms with Crippen LogP contribution in [0.3, 0.4) is 0 Å². The van der Waals surface area contributed by atoms with Crippen molar-refractivity contribution in [2.75, 3.05) is 14.7 Å². The Morgan fingerprint density at radius 3 is 1.00 bits per heavy atom. The van der Waals surface area contributed by atoms with Gasteiger partial charge in [-0.15, -0.1) is 0 Å². The molecule has 0 spiro atoms. The molecule has 0 amide bonds. The zero-order valence-corrected chi connectivity index (χ0v) is 58.1. The molecule has 0 saturated heterocycles. The first-order valence-corrected chi connectivity index (χ1v) is 35.9. The monoisotopic (exact) mass is 1420 g/mol. The number of nitrogens with zero attached hydrogens (tertiary/aromatic N) is 5. The Hall–Kier alpha value is -14.5. The summed E-state index contributed by atoms with van der Waals surface area (Å²) in [7, 11) is 0. The summed E-state index contributed by atoms with van der Waals surface area (Å²) < 4.78 is 251. The molecule has 0 aliphatic carbocycles. The van der Waals surface area contributed by atoms with E-state index in [0.717, 1.165) is 22.3 Å². The van der Waals surface area contributed by atoms with Gasteiger partial charge in [-0.2, -0.15) is 0 Å². The van der Waals surface area contributed by atoms with Crippen molar-refractivity contribution in [3.8, 4) is 67.0 Å². The smallest absolute Gasteiger partial charge is 0.252 e. The molecule has 0 fully saturated rings. The van der Waals surface area contributed by atoms with Gasteiger partial charge in [0.2, 0.25) is 0 Å². The minimum atomic E-state index is -1.01. The third-order valence-electron chi connectivity index (χ3n) is 21.3. The molecule has 0 atom stereocenters. The molecule has 110 heavy (non-hydrogen) atoms. The maximum absolute atomic E-state index is 10.3. The lowest BCUT2D eigenvalue weighted by molar-refractivity contribution is 1.15. The van der Waals surface area contributed by atoms with Crippen molar-refractivity contribution in [2.24, 2.45) is 0 Å². The Morgan fingerprint density at radius 1 is 0.255 bits per heavy atom. The van der Waals surface area contributed by atoms with E-state index in [9.17, 15) is 30.2 Å². The van der Waals surface area contributed by atoms with Gasteiger partial charge in [0.25, 0.3) is 6.71 Å². The fourth-order valence-electron chi connectivity index (χ4n) is 16.9. The van der Waals surface area contributed by atoms with Crippen molar-refractivity contribution in [2.45, 2.75) is 0 Å². The summed E-state index contributed by atoms with van der Waals surface area (Å²) in [5.74, 6) is 0. The van der Waals surface area contributed by atoms with Crippen molar-refractivity contribution in [1.29, 1.82) is 0 Å². The first-order chi connectivity index (χ1) is 65.4. The van der Waals surface area contributed by atoms with E-state index < -0.39 is 175 Å². The van der Waals surface area contributed by atoms with Crippen molar-refractivity contribution < 1.29 is 35.6 Å². The van der Waals surface area contributed by atoms with Crippen LogP contribution in [0, 0.1) is 0 Å². The van der Waals surface area contributed by atoms with Gasteiger partial charge in [-0.25, -0.2) is 0 Å². The van der Waals surface area contributed by atoms with Crippen LogP contribution in [0.2, 0.25) is 0 Å². The van der Waals surface area contributed by atoms with Crippen molar-refractivity contribution in [3.05, 3.63) is 412 Å². The Balaban J connectivity index is 0.960. The van der Waals surface area contributed by atoms with Crippen LogP contribution in [-0.2, 0) is 0 Å². The van der Waals surface area contributed by atoms with E-state index in [2.05, 4.69) is 9.80 Å². The average Bonchev–Trinajstić information content (AvgIpc) is 0.795. The van der Waals surface area contributed by atoms with Crippen LogP contribution in [-0.4, -0.2) is 15.8 Å². The van der Waals surface area contributed by atoms with Crippen LogP contribution in [0.5, 0.6) is 0 Å². The van der Waals surface area contributed by atoms with E-state index >= 15 is 0 Å². The summed E-state index contributed by atoms with van der Waals surface area (Å²) >= 11 is 0. The van der Waals surface area contributed by atoms with Crippen LogP contribution >= 0.6 is 0 Å². The van der Waals surface area contributed by atoms with Gasteiger partial charge >= 0.3 is 0 Å². The minimum absolute atomic E-state index is 0.0817. The molecule has 6 heteroatoms. The molecule has 0 saturated carbocycles. The first-order valence-electron chi connectivity index (χ1n) is 48.9. The predicted molar refractivity (Wildman–Crippen MR) is 466 cm³/mol. The molecule has 0 unspecified atom stereocenters. The summed E-state index contributed by atoms with van der Waals surface area (Å²) in [6, 6.07) is 62.8. The van der Waals surface area contributed by atoms with E-state index in [1.54, 1.807) is 42.5 Å². The molecule has 0 bridgehead atoms. The third kappa shape index (κ3) is 9.83. The maximum atomic E-state index is 10.3. The van der Waals surface area contributed by atoms with Crippen LogP contribution in [0.25, 0.3) is 132 Å². The Kier molecular flexibility index (Phi) is 9.81. The minimum Gasteiger partial charge on any atom is -0.310 e. The highest BCUT2D eigenvalue weighted by molar-refractivity contribution is 7.00. The second kappa shape index (κ2) is 25.7. The number of anilines is 9. The Bertz CT molecular complexity index is 8270. The summed E-state index contributed by atoms with van der Waals surface area (Å²) in [6.45, 7) is -1.01. The number of benzene rings is 18. The van der Waals surface area contributed by atoms with Crippen LogP contribution < -0.4 is 31.1 Å². The molecule has 0 N–H and O–H groups in total. The fourth-order valence-corrected chi connectivity index (χ4v) is 16.9. The van der Waals surface area contributed by atoms with E-state index in [1.807, 2.05) is 212 Å². The highest BCUT2D eigenvalue weighted by Crippen LogP contribution is 2.56. The van der Waals surface area contributed by atoms with E-state index in [-0.39, 0.29) is 60.7 Å². The summed E-state index contributed by atoms with van der Waals surface area (Å²) in [4.78, 5) is 5.43. The highest BCUT2D eigenvalue weighted by Gasteiger charge is 2.46. The molecule has 5 nitrogen and oxygen atoms in total. The molecule has 0 radical (unpaired) electrons. The van der Waals surface area contributed by atoms with Crippen LogP contribution in [0.15, 0.2) is 412 Å². The van der Waals surface area contributed by atoms with Crippen molar-refractivity contribution in [3.63, 3.8) is 0 Å². The van der Waals surface area contributed by atoms with Gasteiger partial charge in [0.05, 0.1) is 80.5 Å². The average molecular weight is 1420 g/mol. The van der Waals surface area contributed by atoms with E-state index in [4.69, 9.17) is 5.48 Å². The zero-order valence-electron chi connectivity index (χ0n) is 84.1. The lowest BCUT2D eigenvalue weighted by atomic mass is 9.33. The van der Waals surface area contributed by atoms with E-state index in [0.29, 0.717) is 105 Å². The molecule has 2 aliphatic rings. The lowest BCUT2D eigenvalue weighted by Crippen LogP contribution is -2.61. The predicted octanol–water partition coefficient (Wildman–Crippen LogP) is 26.1. The molecule has 512 valence electrons. The molecule has 20 aromatic rings. The summed E-state index contributed by atoms with van der Waals surface area (Å²) in [6.07, 6.45) is 0. The molecule has 2 aromatic heterocycles. The third-order valence-corrected chi connectivity index (χ3v) is 21.3. The van der Waals surface area contributed by atoms with Gasteiger partial charge in [0, 0.05) is 94.4 Å². The SMILES string of the molecule is [2H]c1c([2H])c([2H])c(N(c2c([2H])c([2H])c([2H])c([2H])c2[2H])c2c3ccccc3c(-c3ccc4c(c3)N(c3c(-c5ccccc5)cccc3-c3ccccc3)c3cc(-n5c6c([2H])c([2H])c([2H])c([2H])c6c6c([2H])c([2H])c([2H])c([2H])c65)cc5c3B4c3ccc(-n4c6c([2H])c([2H])c([2H])c([2H])c6c6c([2H])c([2H])c([2H])c([2H])c64)cc3N5c3c(-c4ccccc4)cccc3-c3ccccc3)c3ccccc23)c([2H])c1[2H]. The second-order valence-electron chi connectivity index (χ2n) is 27.0. The van der Waals surface area contributed by atoms with Gasteiger partial charge in [-0.1, -0.05) is 333 Å². The molecule has 18 aromatic carbocycles. The standard InChI is InChI=1S/C104H68BN5/c1-7-33-69(34-8-1)78-53-31-54-79(70-35-9-2-10-36-70)102(78)109-96-65-73(100-86-49-19-21-51-88(86)104(89-52-22-20-50-87(89)100)106(74-41-15-5-16-42-74)75-43-17-6-18-44-75)61-63-90(96)105-91-64-62-76(107-92-57-27-23-45-82(92)83-46-24-28-58-93(83)107)66-97(91)110(103-80(71-37-11-3-12-38-71)55-32-56-81(103)72-39-13-4-14-40-72)99-68-77(67-98(109)101(99)105)108-94-59-29-25-47-84(94)85-48-26-30-60-95(85)108/h1-68H/i5D,6D,15D,16D,17D,18D,23D,24D,25D,26D,27D,28D,29D,30D,41D,42D,43D,44D,45D,46D,47D,48D,57D,58D,59D,60D. The zero-order chi connectivity index (χ0) is 95.0. The van der Waals surface area contributed by atoms with Crippen LogP contribution in [0.4, 0.5) is 51.2 Å². The highest BCUT2D eigenvalue weighted by atomic mass is 15.2. The summed E-state index contributed by atoms with van der Waals surface area (Å²) in [5, 5.41) is 0.783. The van der Waals surface area contributed by atoms with Gasteiger partial charge in [0.1, 0.15) is 0 Å². The fraction of sp³-hybridized carbons (Fsp3) is 0. The lowest BCUT2D eigenvalue weighted by Gasteiger charge is -2.46. The van der Waals surface area contributed by atoms with Gasteiger partial charge in [0.15, 0.2) is 0 Å². The number of aromatic nitrogens is 2.